The standard InChI is InChI=1S/C5H13NOS/c1-4(7)5(6)3-8-2/h4-5,7H,3,6H2,1-2H3. The van der Waals surface area contributed by atoms with Crippen molar-refractivity contribution < 1.29 is 5.11 Å². The summed E-state index contributed by atoms with van der Waals surface area (Å²) in [7, 11) is 0. The summed E-state index contributed by atoms with van der Waals surface area (Å²) in [6, 6.07) is -0.0648. The average molecular weight is 135 g/mol. The van der Waals surface area contributed by atoms with E-state index in [2.05, 4.69) is 0 Å². The van der Waals surface area contributed by atoms with Gasteiger partial charge in [-0.05, 0) is 13.2 Å². The SMILES string of the molecule is CSCC(N)C(C)O. The van der Waals surface area contributed by atoms with Crippen molar-refractivity contribution in [1.82, 2.24) is 0 Å². The monoisotopic (exact) mass is 135 g/mol. The quantitative estimate of drug-likeness (QED) is 0.575. The molecule has 0 radical (unpaired) electrons. The first kappa shape index (κ1) is 8.27. The molecule has 0 fully saturated rings. The van der Waals surface area contributed by atoms with Crippen LogP contribution in [-0.4, -0.2) is 29.3 Å². The van der Waals surface area contributed by atoms with Crippen LogP contribution in [0, 0.1) is 0 Å². The van der Waals surface area contributed by atoms with Gasteiger partial charge < -0.3 is 10.8 Å². The van der Waals surface area contributed by atoms with Crippen LogP contribution in [0.2, 0.25) is 0 Å². The second-order valence-electron chi connectivity index (χ2n) is 1.86. The lowest BCUT2D eigenvalue weighted by Crippen LogP contribution is -2.34. The van der Waals surface area contributed by atoms with Crippen LogP contribution in [-0.2, 0) is 0 Å². The van der Waals surface area contributed by atoms with Gasteiger partial charge in [-0.2, -0.15) is 11.8 Å². The van der Waals surface area contributed by atoms with Crippen LogP contribution in [0.4, 0.5) is 0 Å². The molecule has 0 saturated carbocycles. The third-order valence-electron chi connectivity index (χ3n) is 0.979. The number of aliphatic hydroxyl groups is 1. The zero-order valence-corrected chi connectivity index (χ0v) is 6.11. The van der Waals surface area contributed by atoms with Gasteiger partial charge in [0.25, 0.3) is 0 Å². The zero-order valence-electron chi connectivity index (χ0n) is 5.29. The molecule has 0 aromatic heterocycles. The fourth-order valence-corrected chi connectivity index (χ4v) is 0.995. The predicted octanol–water partition coefficient (Wildman–Crippen LogP) is 0.0575. The van der Waals surface area contributed by atoms with Crippen LogP contribution in [0.3, 0.4) is 0 Å². The summed E-state index contributed by atoms with van der Waals surface area (Å²) in [5.41, 5.74) is 5.46. The lowest BCUT2D eigenvalue weighted by molar-refractivity contribution is 0.172. The molecule has 0 rings (SSSR count). The molecular formula is C5H13NOS. The van der Waals surface area contributed by atoms with E-state index < -0.39 is 0 Å². The fraction of sp³-hybridized carbons (Fsp3) is 1.00. The largest absolute Gasteiger partial charge is 0.392 e. The molecule has 8 heavy (non-hydrogen) atoms. The Morgan fingerprint density at radius 3 is 2.38 bits per heavy atom. The van der Waals surface area contributed by atoms with Crippen molar-refractivity contribution in [2.45, 2.75) is 19.1 Å². The van der Waals surface area contributed by atoms with E-state index in [1.807, 2.05) is 6.26 Å². The maximum atomic E-state index is 8.81. The second kappa shape index (κ2) is 4.18. The third kappa shape index (κ3) is 3.29. The molecule has 0 aromatic rings. The maximum absolute atomic E-state index is 8.81. The van der Waals surface area contributed by atoms with E-state index in [4.69, 9.17) is 10.8 Å². The van der Waals surface area contributed by atoms with Crippen molar-refractivity contribution in [2.24, 2.45) is 5.73 Å². The molecule has 2 unspecified atom stereocenters. The number of thioether (sulfide) groups is 1. The van der Waals surface area contributed by atoms with Crippen LogP contribution in [0.5, 0.6) is 0 Å². The maximum Gasteiger partial charge on any atom is 0.0671 e. The van der Waals surface area contributed by atoms with Crippen LogP contribution in [0.15, 0.2) is 0 Å². The Morgan fingerprint density at radius 1 is 1.75 bits per heavy atom. The molecule has 3 N–H and O–H groups in total. The summed E-state index contributed by atoms with van der Waals surface area (Å²) in [6.07, 6.45) is 1.60. The van der Waals surface area contributed by atoms with E-state index in [1.54, 1.807) is 18.7 Å². The number of rotatable bonds is 3. The van der Waals surface area contributed by atoms with Gasteiger partial charge in [-0.15, -0.1) is 0 Å². The van der Waals surface area contributed by atoms with Crippen LogP contribution >= 0.6 is 11.8 Å². The van der Waals surface area contributed by atoms with Gasteiger partial charge in [-0.1, -0.05) is 0 Å². The van der Waals surface area contributed by atoms with Crippen molar-refractivity contribution in [3.63, 3.8) is 0 Å². The summed E-state index contributed by atoms with van der Waals surface area (Å²) in [4.78, 5) is 0. The Balaban J connectivity index is 3.17. The molecular weight excluding hydrogens is 122 g/mol. The molecule has 2 atom stereocenters. The molecule has 0 aliphatic rings. The third-order valence-corrected chi connectivity index (χ3v) is 1.70. The normalized spacial score (nSPS) is 18.0. The average Bonchev–Trinajstić information content (AvgIpc) is 1.67. The number of hydrogen-bond donors (Lipinski definition) is 2. The summed E-state index contributed by atoms with van der Waals surface area (Å²) in [6.45, 7) is 1.71. The molecule has 0 heterocycles. The van der Waals surface area contributed by atoms with Crippen LogP contribution in [0.25, 0.3) is 0 Å². The first-order chi connectivity index (χ1) is 3.68. The summed E-state index contributed by atoms with van der Waals surface area (Å²) < 4.78 is 0. The van der Waals surface area contributed by atoms with E-state index in [-0.39, 0.29) is 12.1 Å². The molecule has 50 valence electrons. The van der Waals surface area contributed by atoms with Gasteiger partial charge in [0.1, 0.15) is 0 Å². The number of aliphatic hydroxyl groups excluding tert-OH is 1. The van der Waals surface area contributed by atoms with E-state index >= 15 is 0 Å². The lowest BCUT2D eigenvalue weighted by atomic mass is 10.2. The van der Waals surface area contributed by atoms with Crippen molar-refractivity contribution in [2.75, 3.05) is 12.0 Å². The van der Waals surface area contributed by atoms with Gasteiger partial charge in [0.2, 0.25) is 0 Å². The molecule has 0 aromatic carbocycles. The highest BCUT2D eigenvalue weighted by molar-refractivity contribution is 7.98. The number of nitrogens with two attached hydrogens (primary N) is 1. The highest BCUT2D eigenvalue weighted by atomic mass is 32.2. The smallest absolute Gasteiger partial charge is 0.0671 e. The van der Waals surface area contributed by atoms with Crippen LogP contribution in [0.1, 0.15) is 6.92 Å². The van der Waals surface area contributed by atoms with Gasteiger partial charge in [0.05, 0.1) is 6.10 Å². The second-order valence-corrected chi connectivity index (χ2v) is 2.77. The van der Waals surface area contributed by atoms with Crippen molar-refractivity contribution in [1.29, 1.82) is 0 Å². The molecule has 0 spiro atoms. The fourth-order valence-electron chi connectivity index (χ4n) is 0.332. The Morgan fingerprint density at radius 2 is 2.25 bits per heavy atom. The zero-order chi connectivity index (χ0) is 6.57. The topological polar surface area (TPSA) is 46.2 Å². The Kier molecular flexibility index (Phi) is 4.32. The molecule has 0 aliphatic carbocycles. The molecule has 0 bridgehead atoms. The number of hydrogen-bond acceptors (Lipinski definition) is 3. The molecule has 0 aliphatic heterocycles. The van der Waals surface area contributed by atoms with Crippen LogP contribution < -0.4 is 5.73 Å². The minimum atomic E-state index is -0.373. The highest BCUT2D eigenvalue weighted by Gasteiger charge is 2.06. The van der Waals surface area contributed by atoms with Gasteiger partial charge in [-0.25, -0.2) is 0 Å². The van der Waals surface area contributed by atoms with E-state index in [0.717, 1.165) is 5.75 Å². The lowest BCUT2D eigenvalue weighted by Gasteiger charge is -2.11. The minimum absolute atomic E-state index is 0.0648. The Bertz CT molecular complexity index is 58.4. The molecule has 2 nitrogen and oxygen atoms in total. The van der Waals surface area contributed by atoms with Crippen molar-refractivity contribution in [3.8, 4) is 0 Å². The van der Waals surface area contributed by atoms with Gasteiger partial charge in [-0.3, -0.25) is 0 Å². The van der Waals surface area contributed by atoms with Gasteiger partial charge >= 0.3 is 0 Å². The van der Waals surface area contributed by atoms with Gasteiger partial charge in [0, 0.05) is 11.8 Å². The first-order valence-electron chi connectivity index (χ1n) is 2.61. The Labute approximate surface area is 54.5 Å². The van der Waals surface area contributed by atoms with Crippen molar-refractivity contribution in [3.05, 3.63) is 0 Å². The first-order valence-corrected chi connectivity index (χ1v) is 4.00. The van der Waals surface area contributed by atoms with Gasteiger partial charge in [0.15, 0.2) is 0 Å². The van der Waals surface area contributed by atoms with E-state index in [1.165, 1.54) is 0 Å². The van der Waals surface area contributed by atoms with Crippen molar-refractivity contribution >= 4 is 11.8 Å². The summed E-state index contributed by atoms with van der Waals surface area (Å²) in [5, 5.41) is 8.81. The van der Waals surface area contributed by atoms with E-state index in [9.17, 15) is 0 Å². The molecule has 0 saturated heterocycles. The molecule has 0 amide bonds. The predicted molar refractivity (Wildman–Crippen MR) is 38.0 cm³/mol. The van der Waals surface area contributed by atoms with E-state index in [0.29, 0.717) is 0 Å². The summed E-state index contributed by atoms with van der Waals surface area (Å²) >= 11 is 1.65. The summed E-state index contributed by atoms with van der Waals surface area (Å²) in [5.74, 6) is 0.831. The molecule has 3 heteroatoms. The minimum Gasteiger partial charge on any atom is -0.392 e. The Hall–Kier alpha value is 0.270. The highest BCUT2D eigenvalue weighted by Crippen LogP contribution is 1.97.